The first-order chi connectivity index (χ1) is 9.19. The molecule has 2 aromatic carbocycles. The number of aryl methyl sites for hydroxylation is 1. The minimum Gasteiger partial charge on any atom is -0.497 e. The summed E-state index contributed by atoms with van der Waals surface area (Å²) in [4.78, 5) is 0. The summed E-state index contributed by atoms with van der Waals surface area (Å²) in [5.74, 6) is 1.84. The van der Waals surface area contributed by atoms with Crippen LogP contribution in [0, 0.1) is 6.92 Å². The van der Waals surface area contributed by atoms with Gasteiger partial charge in [0.15, 0.2) is 0 Å². The van der Waals surface area contributed by atoms with E-state index in [0.29, 0.717) is 0 Å². The molecule has 0 N–H and O–H groups in total. The lowest BCUT2D eigenvalue weighted by Gasteiger charge is -1.99. The fourth-order valence-corrected chi connectivity index (χ4v) is 1.85. The van der Waals surface area contributed by atoms with E-state index in [-0.39, 0.29) is 0 Å². The van der Waals surface area contributed by atoms with Crippen LogP contribution in [0.2, 0.25) is 0 Å². The number of alkyl halides is 1. The normalized spacial score (nSPS) is 9.26. The summed E-state index contributed by atoms with van der Waals surface area (Å²) in [5, 5.41) is 0.879. The van der Waals surface area contributed by atoms with Gasteiger partial charge in [-0.15, -0.1) is 0 Å². The highest BCUT2D eigenvalue weighted by Crippen LogP contribution is 2.14. The third-order valence-electron chi connectivity index (χ3n) is 2.51. The van der Waals surface area contributed by atoms with Crippen molar-refractivity contribution in [2.75, 3.05) is 14.2 Å². The second-order valence-electron chi connectivity index (χ2n) is 4.01. The van der Waals surface area contributed by atoms with Crippen LogP contribution in [0.1, 0.15) is 11.1 Å². The molecule has 0 amide bonds. The molecule has 0 atom stereocenters. The van der Waals surface area contributed by atoms with Crippen LogP contribution in [-0.2, 0) is 5.33 Å². The molecule has 19 heavy (non-hydrogen) atoms. The van der Waals surface area contributed by atoms with Gasteiger partial charge in [0.05, 0.1) is 14.2 Å². The molecule has 0 fully saturated rings. The van der Waals surface area contributed by atoms with Gasteiger partial charge >= 0.3 is 0 Å². The molecule has 0 heterocycles. The summed E-state index contributed by atoms with van der Waals surface area (Å²) < 4.78 is 10.0. The van der Waals surface area contributed by atoms with Crippen molar-refractivity contribution in [2.24, 2.45) is 0 Å². The van der Waals surface area contributed by atoms with Crippen LogP contribution >= 0.6 is 15.9 Å². The lowest BCUT2D eigenvalue weighted by atomic mass is 10.2. The molecule has 0 spiro atoms. The SMILES string of the molecule is COc1cccc(C)c1.COc1cccc(CBr)c1. The minimum atomic E-state index is 0.879. The highest BCUT2D eigenvalue weighted by molar-refractivity contribution is 9.08. The van der Waals surface area contributed by atoms with Crippen molar-refractivity contribution >= 4 is 15.9 Å². The van der Waals surface area contributed by atoms with E-state index in [0.717, 1.165) is 16.8 Å². The van der Waals surface area contributed by atoms with E-state index in [4.69, 9.17) is 9.47 Å². The van der Waals surface area contributed by atoms with E-state index >= 15 is 0 Å². The highest BCUT2D eigenvalue weighted by Gasteiger charge is 1.91. The summed E-state index contributed by atoms with van der Waals surface area (Å²) in [6.45, 7) is 2.04. The summed E-state index contributed by atoms with van der Waals surface area (Å²) in [6.07, 6.45) is 0. The lowest BCUT2D eigenvalue weighted by molar-refractivity contribution is 0.414. The molecule has 0 saturated heterocycles. The second-order valence-corrected chi connectivity index (χ2v) is 4.57. The molecule has 0 saturated carbocycles. The van der Waals surface area contributed by atoms with Gasteiger partial charge in [0.2, 0.25) is 0 Å². The summed E-state index contributed by atoms with van der Waals surface area (Å²) >= 11 is 3.37. The molecule has 0 bridgehead atoms. The van der Waals surface area contributed by atoms with Crippen molar-refractivity contribution in [2.45, 2.75) is 12.3 Å². The van der Waals surface area contributed by atoms with Gasteiger partial charge in [0.25, 0.3) is 0 Å². The van der Waals surface area contributed by atoms with Crippen LogP contribution < -0.4 is 9.47 Å². The molecule has 0 unspecified atom stereocenters. The van der Waals surface area contributed by atoms with Crippen LogP contribution in [0.15, 0.2) is 48.5 Å². The number of benzene rings is 2. The molecule has 2 rings (SSSR count). The van der Waals surface area contributed by atoms with Crippen molar-refractivity contribution < 1.29 is 9.47 Å². The zero-order valence-electron chi connectivity index (χ0n) is 11.5. The number of hydrogen-bond donors (Lipinski definition) is 0. The standard InChI is InChI=1S/C8H9BrO.C8H10O/c1-10-8-4-2-3-7(5-8)6-9;1-7-4-3-5-8(6-7)9-2/h2-5H,6H2,1H3;3-6H,1-2H3. The Morgan fingerprint density at radius 1 is 0.895 bits per heavy atom. The Labute approximate surface area is 123 Å². The number of halogens is 1. The van der Waals surface area contributed by atoms with Crippen molar-refractivity contribution in [3.63, 3.8) is 0 Å². The van der Waals surface area contributed by atoms with E-state index in [2.05, 4.69) is 22.0 Å². The molecule has 0 aliphatic carbocycles. The highest BCUT2D eigenvalue weighted by atomic mass is 79.9. The van der Waals surface area contributed by atoms with Crippen molar-refractivity contribution in [3.8, 4) is 11.5 Å². The van der Waals surface area contributed by atoms with Crippen LogP contribution in [0.25, 0.3) is 0 Å². The van der Waals surface area contributed by atoms with Gasteiger partial charge in [-0.3, -0.25) is 0 Å². The Bertz CT molecular complexity index is 478. The van der Waals surface area contributed by atoms with E-state index in [1.807, 2.05) is 49.4 Å². The third-order valence-corrected chi connectivity index (χ3v) is 3.16. The van der Waals surface area contributed by atoms with Gasteiger partial charge in [0, 0.05) is 5.33 Å². The average molecular weight is 323 g/mol. The predicted octanol–water partition coefficient (Wildman–Crippen LogP) is 4.59. The molecule has 0 radical (unpaired) electrons. The van der Waals surface area contributed by atoms with Crippen LogP contribution in [0.4, 0.5) is 0 Å². The molecule has 2 aromatic rings. The maximum atomic E-state index is 5.04. The first kappa shape index (κ1) is 15.6. The average Bonchev–Trinajstić information content (AvgIpc) is 2.48. The maximum Gasteiger partial charge on any atom is 0.119 e. The predicted molar refractivity (Wildman–Crippen MR) is 83.4 cm³/mol. The summed E-state index contributed by atoms with van der Waals surface area (Å²) in [7, 11) is 3.35. The van der Waals surface area contributed by atoms with E-state index in [9.17, 15) is 0 Å². The van der Waals surface area contributed by atoms with Gasteiger partial charge < -0.3 is 9.47 Å². The van der Waals surface area contributed by atoms with E-state index < -0.39 is 0 Å². The Morgan fingerprint density at radius 3 is 1.95 bits per heavy atom. The van der Waals surface area contributed by atoms with Gasteiger partial charge in [0.1, 0.15) is 11.5 Å². The lowest BCUT2D eigenvalue weighted by Crippen LogP contribution is -1.83. The van der Waals surface area contributed by atoms with Crippen LogP contribution in [0.3, 0.4) is 0 Å². The van der Waals surface area contributed by atoms with E-state index in [1.54, 1.807) is 14.2 Å². The number of ether oxygens (including phenoxy) is 2. The zero-order chi connectivity index (χ0) is 14.1. The largest absolute Gasteiger partial charge is 0.497 e. The smallest absolute Gasteiger partial charge is 0.119 e. The van der Waals surface area contributed by atoms with Gasteiger partial charge in [-0.25, -0.2) is 0 Å². The first-order valence-corrected chi connectivity index (χ1v) is 7.11. The Morgan fingerprint density at radius 2 is 1.47 bits per heavy atom. The first-order valence-electron chi connectivity index (χ1n) is 5.99. The summed E-state index contributed by atoms with van der Waals surface area (Å²) in [6, 6.07) is 15.9. The molecule has 0 aliphatic rings. The van der Waals surface area contributed by atoms with Gasteiger partial charge in [-0.2, -0.15) is 0 Å². The number of methoxy groups -OCH3 is 2. The Kier molecular flexibility index (Phi) is 7.04. The number of rotatable bonds is 3. The molecule has 0 aliphatic heterocycles. The molecule has 0 aromatic heterocycles. The molecule has 2 nitrogen and oxygen atoms in total. The monoisotopic (exact) mass is 322 g/mol. The molecule has 3 heteroatoms. The third kappa shape index (κ3) is 5.79. The van der Waals surface area contributed by atoms with Crippen LogP contribution in [-0.4, -0.2) is 14.2 Å². The summed E-state index contributed by atoms with van der Waals surface area (Å²) in [5.41, 5.74) is 2.47. The van der Waals surface area contributed by atoms with Gasteiger partial charge in [-0.1, -0.05) is 40.2 Å². The molecular weight excluding hydrogens is 304 g/mol. The number of hydrogen-bond acceptors (Lipinski definition) is 2. The Balaban J connectivity index is 0.000000191. The van der Waals surface area contributed by atoms with E-state index in [1.165, 1.54) is 11.1 Å². The Hall–Kier alpha value is -1.48. The fourth-order valence-electron chi connectivity index (χ4n) is 1.50. The van der Waals surface area contributed by atoms with Crippen LogP contribution in [0.5, 0.6) is 11.5 Å². The topological polar surface area (TPSA) is 18.5 Å². The van der Waals surface area contributed by atoms with Gasteiger partial charge in [-0.05, 0) is 42.3 Å². The molecule has 102 valence electrons. The van der Waals surface area contributed by atoms with Crippen molar-refractivity contribution in [3.05, 3.63) is 59.7 Å². The minimum absolute atomic E-state index is 0.879. The quantitative estimate of drug-likeness (QED) is 0.769. The zero-order valence-corrected chi connectivity index (χ0v) is 13.1. The fraction of sp³-hybridized carbons (Fsp3) is 0.250. The maximum absolute atomic E-state index is 5.04. The second kappa shape index (κ2) is 8.59. The van der Waals surface area contributed by atoms with Crippen molar-refractivity contribution in [1.29, 1.82) is 0 Å². The molecular formula is C16H19BrO2. The van der Waals surface area contributed by atoms with Crippen molar-refractivity contribution in [1.82, 2.24) is 0 Å².